The summed E-state index contributed by atoms with van der Waals surface area (Å²) in [6, 6.07) is 15.4. The van der Waals surface area contributed by atoms with Gasteiger partial charge in [-0.3, -0.25) is 4.98 Å². The zero-order valence-corrected chi connectivity index (χ0v) is 13.2. The lowest BCUT2D eigenvalue weighted by atomic mass is 10.0. The standard InChI is InChI=1S/C20H18N2O2/c23-20(24)14-9-10-18-16(11-14)19(15-7-4-8-17(15)22-18)21-12-13-5-2-1-3-6-13/h1-3,5-6,9-11H,4,7-8,12H2,(H,21,22)(H,23,24). The van der Waals surface area contributed by atoms with Gasteiger partial charge in [0.1, 0.15) is 0 Å². The second-order valence-corrected chi connectivity index (χ2v) is 6.14. The second-order valence-electron chi connectivity index (χ2n) is 6.14. The molecular formula is C20H18N2O2. The Morgan fingerprint density at radius 3 is 2.75 bits per heavy atom. The van der Waals surface area contributed by atoms with Crippen molar-refractivity contribution in [3.05, 3.63) is 70.9 Å². The van der Waals surface area contributed by atoms with Crippen LogP contribution in [0.1, 0.15) is 33.6 Å². The van der Waals surface area contributed by atoms with E-state index in [9.17, 15) is 9.90 Å². The Morgan fingerprint density at radius 1 is 1.12 bits per heavy atom. The molecule has 0 bridgehead atoms. The van der Waals surface area contributed by atoms with Crippen LogP contribution < -0.4 is 5.32 Å². The lowest BCUT2D eigenvalue weighted by Gasteiger charge is -2.15. The molecule has 1 aromatic heterocycles. The van der Waals surface area contributed by atoms with Crippen LogP contribution in [0.15, 0.2) is 48.5 Å². The fraction of sp³-hybridized carbons (Fsp3) is 0.200. The van der Waals surface area contributed by atoms with Crippen LogP contribution in [0.3, 0.4) is 0 Å². The van der Waals surface area contributed by atoms with Crippen molar-refractivity contribution >= 4 is 22.6 Å². The first-order valence-electron chi connectivity index (χ1n) is 8.19. The molecule has 0 radical (unpaired) electrons. The van der Waals surface area contributed by atoms with Crippen molar-refractivity contribution in [2.45, 2.75) is 25.8 Å². The fourth-order valence-corrected chi connectivity index (χ4v) is 3.38. The van der Waals surface area contributed by atoms with Crippen LogP contribution in [0.2, 0.25) is 0 Å². The maximum atomic E-state index is 11.3. The van der Waals surface area contributed by atoms with E-state index in [1.54, 1.807) is 12.1 Å². The number of aromatic nitrogens is 1. The van der Waals surface area contributed by atoms with Crippen molar-refractivity contribution in [1.82, 2.24) is 4.98 Å². The van der Waals surface area contributed by atoms with Gasteiger partial charge in [-0.1, -0.05) is 30.3 Å². The van der Waals surface area contributed by atoms with Gasteiger partial charge < -0.3 is 10.4 Å². The van der Waals surface area contributed by atoms with Gasteiger partial charge in [0.05, 0.1) is 11.1 Å². The Morgan fingerprint density at radius 2 is 1.96 bits per heavy atom. The third-order valence-electron chi connectivity index (χ3n) is 4.57. The number of hydrogen-bond donors (Lipinski definition) is 2. The lowest BCUT2D eigenvalue weighted by Crippen LogP contribution is -2.05. The molecule has 24 heavy (non-hydrogen) atoms. The Balaban J connectivity index is 1.81. The van der Waals surface area contributed by atoms with Crippen LogP contribution in [0.4, 0.5) is 5.69 Å². The van der Waals surface area contributed by atoms with Crippen LogP contribution in [0, 0.1) is 0 Å². The van der Waals surface area contributed by atoms with Gasteiger partial charge in [-0.05, 0) is 48.6 Å². The van der Waals surface area contributed by atoms with Gasteiger partial charge in [0.25, 0.3) is 0 Å². The summed E-state index contributed by atoms with van der Waals surface area (Å²) in [4.78, 5) is 16.1. The molecule has 120 valence electrons. The number of anilines is 1. The summed E-state index contributed by atoms with van der Waals surface area (Å²) < 4.78 is 0. The van der Waals surface area contributed by atoms with E-state index >= 15 is 0 Å². The van der Waals surface area contributed by atoms with E-state index in [4.69, 9.17) is 4.98 Å². The van der Waals surface area contributed by atoms with E-state index in [2.05, 4.69) is 17.4 Å². The molecule has 1 aliphatic carbocycles. The Hall–Kier alpha value is -2.88. The van der Waals surface area contributed by atoms with Crippen LogP contribution in [0.5, 0.6) is 0 Å². The zero-order chi connectivity index (χ0) is 16.5. The molecule has 0 atom stereocenters. The van der Waals surface area contributed by atoms with Gasteiger partial charge in [0, 0.05) is 23.3 Å². The third kappa shape index (κ3) is 2.60. The van der Waals surface area contributed by atoms with Gasteiger partial charge in [0.15, 0.2) is 0 Å². The van der Waals surface area contributed by atoms with E-state index in [1.807, 2.05) is 24.3 Å². The predicted molar refractivity (Wildman–Crippen MR) is 94.5 cm³/mol. The molecule has 0 saturated heterocycles. The van der Waals surface area contributed by atoms with Gasteiger partial charge in [-0.2, -0.15) is 0 Å². The summed E-state index contributed by atoms with van der Waals surface area (Å²) >= 11 is 0. The highest BCUT2D eigenvalue weighted by Gasteiger charge is 2.20. The molecule has 2 aromatic carbocycles. The van der Waals surface area contributed by atoms with Gasteiger partial charge in [-0.15, -0.1) is 0 Å². The van der Waals surface area contributed by atoms with Crippen molar-refractivity contribution in [1.29, 1.82) is 0 Å². The number of carbonyl (C=O) groups is 1. The molecule has 4 heteroatoms. The van der Waals surface area contributed by atoms with Crippen LogP contribution >= 0.6 is 0 Å². The van der Waals surface area contributed by atoms with Crippen LogP contribution in [-0.2, 0) is 19.4 Å². The number of pyridine rings is 1. The minimum atomic E-state index is -0.911. The lowest BCUT2D eigenvalue weighted by molar-refractivity contribution is 0.0697. The Labute approximate surface area is 140 Å². The third-order valence-corrected chi connectivity index (χ3v) is 4.57. The average molecular weight is 318 g/mol. The van der Waals surface area contributed by atoms with Gasteiger partial charge in [0.2, 0.25) is 0 Å². The summed E-state index contributed by atoms with van der Waals surface area (Å²) in [5.74, 6) is -0.911. The molecular weight excluding hydrogens is 300 g/mol. The first-order valence-corrected chi connectivity index (χ1v) is 8.19. The van der Waals surface area contributed by atoms with E-state index in [0.29, 0.717) is 12.1 Å². The predicted octanol–water partition coefficient (Wildman–Crippen LogP) is 4.03. The van der Waals surface area contributed by atoms with E-state index in [1.165, 1.54) is 11.1 Å². The van der Waals surface area contributed by atoms with Crippen molar-refractivity contribution in [2.24, 2.45) is 0 Å². The fourth-order valence-electron chi connectivity index (χ4n) is 3.38. The number of aromatic carboxylic acids is 1. The largest absolute Gasteiger partial charge is 0.478 e. The average Bonchev–Trinajstić information content (AvgIpc) is 3.07. The number of nitrogens with zero attached hydrogens (tertiary/aromatic N) is 1. The molecule has 4 nitrogen and oxygen atoms in total. The Bertz CT molecular complexity index is 920. The summed E-state index contributed by atoms with van der Waals surface area (Å²) in [6.45, 7) is 0.712. The Kier molecular flexibility index (Phi) is 3.65. The molecule has 1 heterocycles. The van der Waals surface area contributed by atoms with E-state index < -0.39 is 5.97 Å². The van der Waals surface area contributed by atoms with Crippen molar-refractivity contribution < 1.29 is 9.90 Å². The smallest absolute Gasteiger partial charge is 0.335 e. The summed E-state index contributed by atoms with van der Waals surface area (Å²) in [5, 5.41) is 13.7. The number of rotatable bonds is 4. The van der Waals surface area contributed by atoms with Gasteiger partial charge >= 0.3 is 5.97 Å². The molecule has 0 amide bonds. The SMILES string of the molecule is O=C(O)c1ccc2nc3c(c(NCc4ccccc4)c2c1)CCC3. The monoisotopic (exact) mass is 318 g/mol. The highest BCUT2D eigenvalue weighted by Crippen LogP contribution is 2.34. The molecule has 0 saturated carbocycles. The highest BCUT2D eigenvalue weighted by molar-refractivity contribution is 5.99. The highest BCUT2D eigenvalue weighted by atomic mass is 16.4. The summed E-state index contributed by atoms with van der Waals surface area (Å²) in [7, 11) is 0. The van der Waals surface area contributed by atoms with Gasteiger partial charge in [-0.25, -0.2) is 4.79 Å². The number of benzene rings is 2. The molecule has 2 N–H and O–H groups in total. The minimum Gasteiger partial charge on any atom is -0.478 e. The summed E-state index contributed by atoms with van der Waals surface area (Å²) in [5.41, 5.74) is 5.77. The number of aryl methyl sites for hydroxylation is 1. The maximum absolute atomic E-state index is 11.3. The van der Waals surface area contributed by atoms with Crippen LogP contribution in [-0.4, -0.2) is 16.1 Å². The normalized spacial score (nSPS) is 13.0. The number of fused-ring (bicyclic) bond motifs is 2. The number of carboxylic acids is 1. The molecule has 0 unspecified atom stereocenters. The second kappa shape index (κ2) is 5.96. The van der Waals surface area contributed by atoms with Crippen molar-refractivity contribution in [3.8, 4) is 0 Å². The van der Waals surface area contributed by atoms with E-state index in [0.717, 1.165) is 41.5 Å². The molecule has 3 aromatic rings. The maximum Gasteiger partial charge on any atom is 0.335 e. The summed E-state index contributed by atoms with van der Waals surface area (Å²) in [6.07, 6.45) is 3.09. The molecule has 4 rings (SSSR count). The quantitative estimate of drug-likeness (QED) is 0.762. The van der Waals surface area contributed by atoms with Crippen LogP contribution in [0.25, 0.3) is 10.9 Å². The molecule has 0 fully saturated rings. The minimum absolute atomic E-state index is 0.296. The van der Waals surface area contributed by atoms with Crippen molar-refractivity contribution in [3.63, 3.8) is 0 Å². The van der Waals surface area contributed by atoms with E-state index in [-0.39, 0.29) is 0 Å². The molecule has 1 aliphatic rings. The number of nitrogens with one attached hydrogen (secondary N) is 1. The zero-order valence-electron chi connectivity index (χ0n) is 13.2. The number of carboxylic acid groups (broad SMARTS) is 1. The topological polar surface area (TPSA) is 62.2 Å². The molecule has 0 aliphatic heterocycles. The first kappa shape index (κ1) is 14.7. The van der Waals surface area contributed by atoms with Crippen molar-refractivity contribution in [2.75, 3.05) is 5.32 Å². The first-order chi connectivity index (χ1) is 11.7. The number of hydrogen-bond acceptors (Lipinski definition) is 3. The molecule has 0 spiro atoms.